The molecule has 1 aliphatic heterocycles. The van der Waals surface area contributed by atoms with Crippen LogP contribution >= 0.6 is 0 Å². The number of nitrogens with zero attached hydrogens (tertiary/aromatic N) is 2. The van der Waals surface area contributed by atoms with Gasteiger partial charge in [0.2, 0.25) is 0 Å². The van der Waals surface area contributed by atoms with Gasteiger partial charge in [-0.05, 0) is 91.9 Å². The molecule has 1 aliphatic rings. The molecule has 0 radical (unpaired) electrons. The molecule has 0 unspecified atom stereocenters. The lowest BCUT2D eigenvalue weighted by Gasteiger charge is -2.18. The zero-order valence-corrected chi connectivity index (χ0v) is 11.9. The molecular weight excluding hydrogens is 210 g/mol. The third-order valence-electron chi connectivity index (χ3n) is 3.68. The average Bonchev–Trinajstić information content (AvgIpc) is 2.83. The molecule has 102 valence electrons. The van der Waals surface area contributed by atoms with Gasteiger partial charge >= 0.3 is 0 Å². The standard InChI is InChI=1S/C14H31N3/c1-15-9-3-4-10-16(2)11-5-6-12-17-13-7-8-14-17/h15H,3-14H2,1-2H3. The van der Waals surface area contributed by atoms with E-state index in [1.165, 1.54) is 71.2 Å². The van der Waals surface area contributed by atoms with Crippen molar-refractivity contribution in [3.8, 4) is 0 Å². The number of nitrogens with one attached hydrogen (secondary N) is 1. The molecule has 0 spiro atoms. The second-order valence-electron chi connectivity index (χ2n) is 5.37. The van der Waals surface area contributed by atoms with Crippen LogP contribution in [0.25, 0.3) is 0 Å². The average molecular weight is 241 g/mol. The minimum absolute atomic E-state index is 1.16. The molecule has 0 saturated carbocycles. The first-order chi connectivity index (χ1) is 8.33. The van der Waals surface area contributed by atoms with E-state index in [2.05, 4.69) is 22.2 Å². The molecule has 0 atom stereocenters. The molecule has 3 nitrogen and oxygen atoms in total. The SMILES string of the molecule is CNCCCCN(C)CCCCN1CCCC1. The fourth-order valence-corrected chi connectivity index (χ4v) is 2.52. The van der Waals surface area contributed by atoms with E-state index in [9.17, 15) is 0 Å². The van der Waals surface area contributed by atoms with E-state index in [4.69, 9.17) is 0 Å². The lowest BCUT2D eigenvalue weighted by atomic mass is 10.2. The smallest absolute Gasteiger partial charge is 0.00183 e. The zero-order chi connectivity index (χ0) is 12.3. The van der Waals surface area contributed by atoms with Crippen molar-refractivity contribution in [2.75, 3.05) is 53.4 Å². The molecule has 1 fully saturated rings. The Hall–Kier alpha value is -0.120. The Morgan fingerprint density at radius 3 is 2.29 bits per heavy atom. The second-order valence-corrected chi connectivity index (χ2v) is 5.37. The van der Waals surface area contributed by atoms with E-state index >= 15 is 0 Å². The largest absolute Gasteiger partial charge is 0.320 e. The van der Waals surface area contributed by atoms with Crippen molar-refractivity contribution in [1.29, 1.82) is 0 Å². The Kier molecular flexibility index (Phi) is 8.67. The molecule has 0 aromatic rings. The Balaban J connectivity index is 1.84. The van der Waals surface area contributed by atoms with Crippen molar-refractivity contribution < 1.29 is 0 Å². The summed E-state index contributed by atoms with van der Waals surface area (Å²) in [7, 11) is 4.29. The Bertz CT molecular complexity index is 167. The summed E-state index contributed by atoms with van der Waals surface area (Å²) >= 11 is 0. The highest BCUT2D eigenvalue weighted by Crippen LogP contribution is 2.08. The number of hydrogen-bond acceptors (Lipinski definition) is 3. The molecule has 3 heteroatoms. The van der Waals surface area contributed by atoms with Crippen LogP contribution in [-0.2, 0) is 0 Å². The number of likely N-dealkylation sites (tertiary alicyclic amines) is 1. The summed E-state index contributed by atoms with van der Waals surface area (Å²) in [6, 6.07) is 0. The molecule has 17 heavy (non-hydrogen) atoms. The lowest BCUT2D eigenvalue weighted by Crippen LogP contribution is -2.24. The summed E-state index contributed by atoms with van der Waals surface area (Å²) in [5, 5.41) is 3.20. The van der Waals surface area contributed by atoms with Gasteiger partial charge in [0, 0.05) is 0 Å². The van der Waals surface area contributed by atoms with Crippen LogP contribution in [0, 0.1) is 0 Å². The van der Waals surface area contributed by atoms with Crippen LogP contribution in [0.3, 0.4) is 0 Å². The third kappa shape index (κ3) is 7.74. The van der Waals surface area contributed by atoms with Gasteiger partial charge in [-0.25, -0.2) is 0 Å². The fraction of sp³-hybridized carbons (Fsp3) is 1.00. The summed E-state index contributed by atoms with van der Waals surface area (Å²) in [5.41, 5.74) is 0. The monoisotopic (exact) mass is 241 g/mol. The Labute approximate surface area is 108 Å². The van der Waals surface area contributed by atoms with Crippen molar-refractivity contribution in [3.63, 3.8) is 0 Å². The van der Waals surface area contributed by atoms with Gasteiger partial charge in [-0.2, -0.15) is 0 Å². The van der Waals surface area contributed by atoms with Gasteiger partial charge in [-0.1, -0.05) is 0 Å². The first-order valence-corrected chi connectivity index (χ1v) is 7.38. The topological polar surface area (TPSA) is 18.5 Å². The molecular formula is C14H31N3. The van der Waals surface area contributed by atoms with Gasteiger partial charge in [0.1, 0.15) is 0 Å². The van der Waals surface area contributed by atoms with Crippen LogP contribution < -0.4 is 5.32 Å². The van der Waals surface area contributed by atoms with Gasteiger partial charge in [0.15, 0.2) is 0 Å². The second kappa shape index (κ2) is 9.86. The van der Waals surface area contributed by atoms with E-state index in [0.717, 1.165) is 6.54 Å². The number of rotatable bonds is 10. The molecule has 0 amide bonds. The Morgan fingerprint density at radius 1 is 1.00 bits per heavy atom. The van der Waals surface area contributed by atoms with Crippen LogP contribution in [0.2, 0.25) is 0 Å². The van der Waals surface area contributed by atoms with Crippen LogP contribution in [0.5, 0.6) is 0 Å². The first kappa shape index (κ1) is 14.9. The summed E-state index contributed by atoms with van der Waals surface area (Å²) in [5.74, 6) is 0. The maximum Gasteiger partial charge on any atom is -0.00183 e. The highest BCUT2D eigenvalue weighted by Gasteiger charge is 2.10. The van der Waals surface area contributed by atoms with Crippen molar-refractivity contribution in [3.05, 3.63) is 0 Å². The summed E-state index contributed by atoms with van der Waals surface area (Å²) in [6.45, 7) is 7.70. The summed E-state index contributed by atoms with van der Waals surface area (Å²) < 4.78 is 0. The maximum atomic E-state index is 3.20. The quantitative estimate of drug-likeness (QED) is 0.588. The summed E-state index contributed by atoms with van der Waals surface area (Å²) in [6.07, 6.45) is 8.20. The third-order valence-corrected chi connectivity index (χ3v) is 3.68. The lowest BCUT2D eigenvalue weighted by molar-refractivity contribution is 0.290. The highest BCUT2D eigenvalue weighted by atomic mass is 15.1. The van der Waals surface area contributed by atoms with Crippen molar-refractivity contribution in [2.24, 2.45) is 0 Å². The molecule has 0 aromatic heterocycles. The van der Waals surface area contributed by atoms with E-state index in [-0.39, 0.29) is 0 Å². The fourth-order valence-electron chi connectivity index (χ4n) is 2.52. The minimum Gasteiger partial charge on any atom is -0.320 e. The van der Waals surface area contributed by atoms with E-state index in [0.29, 0.717) is 0 Å². The van der Waals surface area contributed by atoms with Gasteiger partial charge < -0.3 is 15.1 Å². The van der Waals surface area contributed by atoms with E-state index in [1.807, 2.05) is 7.05 Å². The van der Waals surface area contributed by atoms with E-state index in [1.54, 1.807) is 0 Å². The van der Waals surface area contributed by atoms with Gasteiger partial charge in [0.25, 0.3) is 0 Å². The zero-order valence-electron chi connectivity index (χ0n) is 11.9. The summed E-state index contributed by atoms with van der Waals surface area (Å²) in [4.78, 5) is 5.10. The normalized spacial score (nSPS) is 17.1. The number of hydrogen-bond donors (Lipinski definition) is 1. The molecule has 0 aliphatic carbocycles. The van der Waals surface area contributed by atoms with Gasteiger partial charge in [0.05, 0.1) is 0 Å². The van der Waals surface area contributed by atoms with Crippen molar-refractivity contribution in [2.45, 2.75) is 38.5 Å². The molecule has 1 rings (SSSR count). The van der Waals surface area contributed by atoms with Crippen LogP contribution in [-0.4, -0.2) is 63.2 Å². The van der Waals surface area contributed by atoms with Gasteiger partial charge in [-0.15, -0.1) is 0 Å². The maximum absolute atomic E-state index is 3.20. The molecule has 1 heterocycles. The van der Waals surface area contributed by atoms with Crippen LogP contribution in [0.1, 0.15) is 38.5 Å². The predicted octanol–water partition coefficient (Wildman–Crippen LogP) is 1.79. The molecule has 0 aromatic carbocycles. The predicted molar refractivity (Wildman–Crippen MR) is 75.6 cm³/mol. The highest BCUT2D eigenvalue weighted by molar-refractivity contribution is 4.66. The van der Waals surface area contributed by atoms with Crippen LogP contribution in [0.15, 0.2) is 0 Å². The first-order valence-electron chi connectivity index (χ1n) is 7.38. The minimum atomic E-state index is 1.16. The van der Waals surface area contributed by atoms with Crippen LogP contribution in [0.4, 0.5) is 0 Å². The van der Waals surface area contributed by atoms with Crippen molar-refractivity contribution in [1.82, 2.24) is 15.1 Å². The Morgan fingerprint density at radius 2 is 1.65 bits per heavy atom. The van der Waals surface area contributed by atoms with Gasteiger partial charge in [-0.3, -0.25) is 0 Å². The molecule has 1 N–H and O–H groups in total. The van der Waals surface area contributed by atoms with E-state index < -0.39 is 0 Å². The number of unbranched alkanes of at least 4 members (excludes halogenated alkanes) is 2. The van der Waals surface area contributed by atoms with Crippen molar-refractivity contribution >= 4 is 0 Å². The molecule has 1 saturated heterocycles. The molecule has 0 bridgehead atoms.